The van der Waals surface area contributed by atoms with Crippen LogP contribution in [0.25, 0.3) is 0 Å². The molecule has 0 amide bonds. The molecule has 1 N–H and O–H groups in total. The van der Waals surface area contributed by atoms with E-state index in [0.29, 0.717) is 5.92 Å². The van der Waals surface area contributed by atoms with Crippen molar-refractivity contribution in [2.45, 2.75) is 20.3 Å². The predicted octanol–water partition coefficient (Wildman–Crippen LogP) is 1.81. The van der Waals surface area contributed by atoms with Crippen LogP contribution in [0.4, 0.5) is 0 Å². The molecule has 1 heteroatoms. The van der Waals surface area contributed by atoms with Gasteiger partial charge in [-0.25, -0.2) is 0 Å². The lowest BCUT2D eigenvalue weighted by atomic mass is 10.1. The van der Waals surface area contributed by atoms with Crippen molar-refractivity contribution < 1.29 is 0 Å². The molecule has 0 aliphatic carbocycles. The molecule has 0 aromatic heterocycles. The maximum atomic E-state index is 3.34. The molecule has 0 saturated carbocycles. The van der Waals surface area contributed by atoms with Crippen molar-refractivity contribution in [3.8, 4) is 0 Å². The molecule has 1 aliphatic rings. The van der Waals surface area contributed by atoms with Gasteiger partial charge in [0.15, 0.2) is 0 Å². The number of hydrogen-bond acceptors (Lipinski definition) is 1. The van der Waals surface area contributed by atoms with Crippen LogP contribution in [0.1, 0.15) is 20.3 Å². The van der Waals surface area contributed by atoms with Gasteiger partial charge in [0.1, 0.15) is 0 Å². The molecule has 1 rings (SSSR count). The van der Waals surface area contributed by atoms with E-state index in [2.05, 4.69) is 31.3 Å². The van der Waals surface area contributed by atoms with Crippen molar-refractivity contribution >= 4 is 0 Å². The molecule has 0 spiro atoms. The van der Waals surface area contributed by atoms with E-state index in [1.54, 1.807) is 0 Å². The van der Waals surface area contributed by atoms with Crippen LogP contribution in [0.2, 0.25) is 0 Å². The average Bonchev–Trinajstić information content (AvgIpc) is 2.34. The molecule has 1 aliphatic heterocycles. The molecule has 1 unspecified atom stereocenters. The van der Waals surface area contributed by atoms with E-state index in [1.165, 1.54) is 19.5 Å². The van der Waals surface area contributed by atoms with Crippen LogP contribution < -0.4 is 5.32 Å². The number of hydrogen-bond donors (Lipinski definition) is 1. The normalized spacial score (nSPS) is 26.9. The zero-order valence-corrected chi connectivity index (χ0v) is 6.93. The third-order valence-electron chi connectivity index (χ3n) is 1.87. The van der Waals surface area contributed by atoms with Gasteiger partial charge in [-0.15, -0.1) is 0 Å². The Balaban J connectivity index is 2.23. The van der Waals surface area contributed by atoms with Gasteiger partial charge in [-0.3, -0.25) is 0 Å². The lowest BCUT2D eigenvalue weighted by molar-refractivity contribution is 0.711. The van der Waals surface area contributed by atoms with Gasteiger partial charge in [0.2, 0.25) is 0 Å². The third kappa shape index (κ3) is 2.53. The van der Waals surface area contributed by atoms with Crippen molar-refractivity contribution in [2.24, 2.45) is 11.8 Å². The standard InChI is InChI=1S/C9H17N/c1-8(2)3-4-9-5-6-10-7-9/h3-4,8-10H,5-7H2,1-2H3/b4-3+. The minimum Gasteiger partial charge on any atom is -0.316 e. The highest BCUT2D eigenvalue weighted by atomic mass is 14.9. The van der Waals surface area contributed by atoms with Crippen LogP contribution >= 0.6 is 0 Å². The summed E-state index contributed by atoms with van der Waals surface area (Å²) in [4.78, 5) is 0. The quantitative estimate of drug-likeness (QED) is 0.575. The molecule has 1 atom stereocenters. The van der Waals surface area contributed by atoms with E-state index >= 15 is 0 Å². The number of rotatable bonds is 2. The van der Waals surface area contributed by atoms with Crippen molar-refractivity contribution in [1.82, 2.24) is 5.32 Å². The van der Waals surface area contributed by atoms with Gasteiger partial charge < -0.3 is 5.32 Å². The Morgan fingerprint density at radius 1 is 1.50 bits per heavy atom. The van der Waals surface area contributed by atoms with Crippen molar-refractivity contribution in [1.29, 1.82) is 0 Å². The maximum absolute atomic E-state index is 3.34. The van der Waals surface area contributed by atoms with Crippen LogP contribution in [0.3, 0.4) is 0 Å². The topological polar surface area (TPSA) is 12.0 Å². The lowest BCUT2D eigenvalue weighted by Crippen LogP contribution is -2.07. The van der Waals surface area contributed by atoms with E-state index < -0.39 is 0 Å². The fourth-order valence-corrected chi connectivity index (χ4v) is 1.22. The second-order valence-corrected chi connectivity index (χ2v) is 3.38. The SMILES string of the molecule is CC(C)/C=C/C1CCNC1. The summed E-state index contributed by atoms with van der Waals surface area (Å²) in [7, 11) is 0. The molecule has 0 bridgehead atoms. The van der Waals surface area contributed by atoms with E-state index in [0.717, 1.165) is 5.92 Å². The Kier molecular flexibility index (Phi) is 2.94. The van der Waals surface area contributed by atoms with Crippen LogP contribution in [0, 0.1) is 11.8 Å². The van der Waals surface area contributed by atoms with Gasteiger partial charge in [0, 0.05) is 6.54 Å². The summed E-state index contributed by atoms with van der Waals surface area (Å²) in [5, 5.41) is 3.34. The first-order chi connectivity index (χ1) is 4.79. The van der Waals surface area contributed by atoms with Crippen LogP contribution in [-0.2, 0) is 0 Å². The maximum Gasteiger partial charge on any atom is 0.00146 e. The summed E-state index contributed by atoms with van der Waals surface area (Å²) in [6.45, 7) is 6.83. The van der Waals surface area contributed by atoms with Gasteiger partial charge in [0.25, 0.3) is 0 Å². The van der Waals surface area contributed by atoms with Crippen LogP contribution in [0.15, 0.2) is 12.2 Å². The summed E-state index contributed by atoms with van der Waals surface area (Å²) < 4.78 is 0. The molecule has 1 fully saturated rings. The lowest BCUT2D eigenvalue weighted by Gasteiger charge is -2.00. The van der Waals surface area contributed by atoms with Gasteiger partial charge >= 0.3 is 0 Å². The largest absolute Gasteiger partial charge is 0.316 e. The van der Waals surface area contributed by atoms with Crippen LogP contribution in [-0.4, -0.2) is 13.1 Å². The van der Waals surface area contributed by atoms with E-state index in [9.17, 15) is 0 Å². The Morgan fingerprint density at radius 3 is 2.80 bits per heavy atom. The fraction of sp³-hybridized carbons (Fsp3) is 0.778. The molecule has 0 aromatic rings. The average molecular weight is 139 g/mol. The predicted molar refractivity (Wildman–Crippen MR) is 45.0 cm³/mol. The summed E-state index contributed by atoms with van der Waals surface area (Å²) in [5.74, 6) is 1.52. The Bertz CT molecular complexity index is 110. The smallest absolute Gasteiger partial charge is 0.00146 e. The fourth-order valence-electron chi connectivity index (χ4n) is 1.22. The monoisotopic (exact) mass is 139 g/mol. The Labute approximate surface area is 63.5 Å². The van der Waals surface area contributed by atoms with Gasteiger partial charge in [-0.1, -0.05) is 26.0 Å². The second kappa shape index (κ2) is 3.77. The van der Waals surface area contributed by atoms with Gasteiger partial charge in [-0.2, -0.15) is 0 Å². The third-order valence-corrected chi connectivity index (χ3v) is 1.87. The Morgan fingerprint density at radius 2 is 2.30 bits per heavy atom. The van der Waals surface area contributed by atoms with E-state index in [4.69, 9.17) is 0 Å². The minimum absolute atomic E-state index is 0.709. The first-order valence-corrected chi connectivity index (χ1v) is 4.18. The summed E-state index contributed by atoms with van der Waals surface area (Å²) in [5.41, 5.74) is 0. The van der Waals surface area contributed by atoms with Gasteiger partial charge in [0.05, 0.1) is 0 Å². The molecule has 1 nitrogen and oxygen atoms in total. The number of allylic oxidation sites excluding steroid dienone is 1. The molecule has 10 heavy (non-hydrogen) atoms. The number of nitrogens with one attached hydrogen (secondary N) is 1. The minimum atomic E-state index is 0.709. The zero-order valence-electron chi connectivity index (χ0n) is 6.93. The molecule has 58 valence electrons. The zero-order chi connectivity index (χ0) is 7.40. The molecule has 1 heterocycles. The van der Waals surface area contributed by atoms with Crippen LogP contribution in [0.5, 0.6) is 0 Å². The molecular formula is C9H17N. The highest BCUT2D eigenvalue weighted by molar-refractivity contribution is 4.93. The first-order valence-electron chi connectivity index (χ1n) is 4.18. The van der Waals surface area contributed by atoms with Crippen molar-refractivity contribution in [3.63, 3.8) is 0 Å². The Hall–Kier alpha value is -0.300. The molecule has 0 aromatic carbocycles. The molecule has 0 radical (unpaired) electrons. The van der Waals surface area contributed by atoms with Crippen molar-refractivity contribution in [3.05, 3.63) is 12.2 Å². The summed E-state index contributed by atoms with van der Waals surface area (Å²) in [6, 6.07) is 0. The van der Waals surface area contributed by atoms with E-state index in [-0.39, 0.29) is 0 Å². The first kappa shape index (κ1) is 7.80. The summed E-state index contributed by atoms with van der Waals surface area (Å²) >= 11 is 0. The second-order valence-electron chi connectivity index (χ2n) is 3.38. The summed E-state index contributed by atoms with van der Waals surface area (Å²) in [6.07, 6.45) is 5.98. The van der Waals surface area contributed by atoms with E-state index in [1.807, 2.05) is 0 Å². The molecule has 1 saturated heterocycles. The molecular weight excluding hydrogens is 122 g/mol. The highest BCUT2D eigenvalue weighted by Crippen LogP contribution is 2.09. The van der Waals surface area contributed by atoms with Crippen molar-refractivity contribution in [2.75, 3.05) is 13.1 Å². The highest BCUT2D eigenvalue weighted by Gasteiger charge is 2.09. The van der Waals surface area contributed by atoms with Gasteiger partial charge in [-0.05, 0) is 24.8 Å².